The summed E-state index contributed by atoms with van der Waals surface area (Å²) >= 11 is 5.92. The summed E-state index contributed by atoms with van der Waals surface area (Å²) in [6, 6.07) is -0.577. The van der Waals surface area contributed by atoms with Crippen LogP contribution in [0.2, 0.25) is 5.15 Å². The summed E-state index contributed by atoms with van der Waals surface area (Å²) in [4.78, 5) is 26.5. The average molecular weight is 269 g/mol. The maximum atomic E-state index is 11.7. The molecule has 2 aromatic rings. The van der Waals surface area contributed by atoms with Crippen molar-refractivity contribution in [3.63, 3.8) is 0 Å². The molecule has 4 N–H and O–H groups in total. The largest absolute Gasteiger partial charge is 0.341 e. The summed E-state index contributed by atoms with van der Waals surface area (Å²) in [5.74, 6) is -0.223. The van der Waals surface area contributed by atoms with Crippen molar-refractivity contribution in [3.05, 3.63) is 11.5 Å². The molecule has 0 saturated carbocycles. The summed E-state index contributed by atoms with van der Waals surface area (Å²) < 4.78 is 0. The highest BCUT2D eigenvalue weighted by Crippen LogP contribution is 2.18. The number of imidazole rings is 1. The van der Waals surface area contributed by atoms with Crippen LogP contribution in [0.15, 0.2) is 6.33 Å². The lowest BCUT2D eigenvalue weighted by molar-refractivity contribution is -0.117. The molecule has 8 heteroatoms. The van der Waals surface area contributed by atoms with Gasteiger partial charge in [0.25, 0.3) is 0 Å². The number of aromatic nitrogens is 4. The van der Waals surface area contributed by atoms with Gasteiger partial charge in [-0.3, -0.25) is 10.1 Å². The van der Waals surface area contributed by atoms with E-state index < -0.39 is 6.04 Å². The second kappa shape index (κ2) is 5.28. The highest BCUT2D eigenvalue weighted by molar-refractivity contribution is 6.33. The van der Waals surface area contributed by atoms with Crippen molar-refractivity contribution < 1.29 is 4.79 Å². The average Bonchev–Trinajstić information content (AvgIpc) is 2.77. The summed E-state index contributed by atoms with van der Waals surface area (Å²) in [6.07, 6.45) is 2.89. The van der Waals surface area contributed by atoms with Gasteiger partial charge in [0.05, 0.1) is 12.4 Å². The van der Waals surface area contributed by atoms with Gasteiger partial charge in [-0.25, -0.2) is 4.98 Å². The number of hydrogen-bond donors (Lipinski definition) is 3. The van der Waals surface area contributed by atoms with Gasteiger partial charge in [0, 0.05) is 0 Å². The van der Waals surface area contributed by atoms with Gasteiger partial charge in [-0.05, 0) is 6.42 Å². The highest BCUT2D eigenvalue weighted by atomic mass is 35.5. The Hall–Kier alpha value is -1.73. The predicted octanol–water partition coefficient (Wildman–Crippen LogP) is 1.07. The van der Waals surface area contributed by atoms with Crippen LogP contribution in [0.3, 0.4) is 0 Å². The van der Waals surface area contributed by atoms with Crippen molar-refractivity contribution in [1.29, 1.82) is 0 Å². The van der Waals surface area contributed by atoms with E-state index in [1.807, 2.05) is 6.92 Å². The number of hydrogen-bond acceptors (Lipinski definition) is 5. The first-order chi connectivity index (χ1) is 8.61. The topological polar surface area (TPSA) is 110 Å². The number of fused-ring (bicyclic) bond motifs is 1. The van der Waals surface area contributed by atoms with Crippen LogP contribution in [0, 0.1) is 0 Å². The molecule has 0 aliphatic rings. The molecule has 0 spiro atoms. The molecule has 0 bridgehead atoms. The zero-order valence-electron chi connectivity index (χ0n) is 9.77. The lowest BCUT2D eigenvalue weighted by atomic mass is 10.2. The number of amides is 1. The zero-order valence-corrected chi connectivity index (χ0v) is 10.5. The van der Waals surface area contributed by atoms with E-state index in [1.54, 1.807) is 0 Å². The Kier molecular flexibility index (Phi) is 3.73. The van der Waals surface area contributed by atoms with Crippen LogP contribution in [-0.4, -0.2) is 31.9 Å². The second-order valence-electron chi connectivity index (χ2n) is 3.82. The molecule has 96 valence electrons. The zero-order chi connectivity index (χ0) is 13.1. The van der Waals surface area contributed by atoms with E-state index in [0.717, 1.165) is 6.42 Å². The molecule has 2 aromatic heterocycles. The molecule has 0 radical (unpaired) electrons. The Morgan fingerprint density at radius 2 is 2.39 bits per heavy atom. The molecule has 7 nitrogen and oxygen atoms in total. The molecule has 1 atom stereocenters. The quantitative estimate of drug-likeness (QED) is 0.719. The highest BCUT2D eigenvalue weighted by Gasteiger charge is 2.15. The minimum atomic E-state index is -0.577. The molecule has 0 saturated heterocycles. The van der Waals surface area contributed by atoms with Crippen molar-refractivity contribution >= 4 is 34.6 Å². The van der Waals surface area contributed by atoms with Gasteiger partial charge in [0.15, 0.2) is 10.8 Å². The fourth-order valence-electron chi connectivity index (χ4n) is 1.50. The maximum absolute atomic E-state index is 11.7. The first-order valence-electron chi connectivity index (χ1n) is 5.55. The first kappa shape index (κ1) is 12.7. The number of carbonyl (C=O) groups excluding carboxylic acids is 1. The maximum Gasteiger partial charge on any atom is 0.243 e. The van der Waals surface area contributed by atoms with Gasteiger partial charge in [-0.1, -0.05) is 24.9 Å². The molecule has 0 fully saturated rings. The van der Waals surface area contributed by atoms with Gasteiger partial charge < -0.3 is 10.7 Å². The molecular formula is C10H13ClN6O. The second-order valence-corrected chi connectivity index (χ2v) is 4.18. The van der Waals surface area contributed by atoms with Gasteiger partial charge in [-0.2, -0.15) is 9.97 Å². The van der Waals surface area contributed by atoms with Gasteiger partial charge in [-0.15, -0.1) is 0 Å². The summed E-state index contributed by atoms with van der Waals surface area (Å²) in [6.45, 7) is 1.95. The van der Waals surface area contributed by atoms with Crippen LogP contribution >= 0.6 is 11.6 Å². The van der Waals surface area contributed by atoms with Crippen molar-refractivity contribution in [2.24, 2.45) is 5.73 Å². The minimum Gasteiger partial charge on any atom is -0.341 e. The summed E-state index contributed by atoms with van der Waals surface area (Å²) in [7, 11) is 0. The molecule has 0 aromatic carbocycles. The lowest BCUT2D eigenvalue weighted by Gasteiger charge is -2.09. The number of carbonyl (C=O) groups is 1. The van der Waals surface area contributed by atoms with Crippen LogP contribution in [-0.2, 0) is 4.79 Å². The van der Waals surface area contributed by atoms with Crippen molar-refractivity contribution in [2.75, 3.05) is 5.32 Å². The standard InChI is InChI=1S/C10H13ClN6O/c1-2-3-5(12)9(18)17-10-15-7(11)6-8(16-10)14-4-13-6/h4-5H,2-3,12H2,1H3,(H2,13,14,15,16,17,18)/t5-/m0/s1. The SMILES string of the molecule is CCC[C@H](N)C(=O)Nc1nc(Cl)c2[nH]cnc2n1. The third-order valence-electron chi connectivity index (χ3n) is 2.41. The number of anilines is 1. The Morgan fingerprint density at radius 3 is 3.11 bits per heavy atom. The van der Waals surface area contributed by atoms with Crippen LogP contribution in [0.25, 0.3) is 11.2 Å². The molecule has 2 heterocycles. The number of rotatable bonds is 4. The van der Waals surface area contributed by atoms with Gasteiger partial charge in [0.2, 0.25) is 11.9 Å². The van der Waals surface area contributed by atoms with Gasteiger partial charge in [0.1, 0.15) is 5.52 Å². The molecule has 18 heavy (non-hydrogen) atoms. The molecule has 0 unspecified atom stereocenters. The fraction of sp³-hybridized carbons (Fsp3) is 0.400. The fourth-order valence-corrected chi connectivity index (χ4v) is 1.72. The first-order valence-corrected chi connectivity index (χ1v) is 5.92. The third kappa shape index (κ3) is 2.57. The number of nitrogens with two attached hydrogens (primary N) is 1. The normalized spacial score (nSPS) is 12.6. The van der Waals surface area contributed by atoms with Crippen LogP contribution in [0.1, 0.15) is 19.8 Å². The van der Waals surface area contributed by atoms with E-state index in [0.29, 0.717) is 17.6 Å². The van der Waals surface area contributed by atoms with Crippen molar-refractivity contribution in [3.8, 4) is 0 Å². The molecular weight excluding hydrogens is 256 g/mol. The number of nitrogens with one attached hydrogen (secondary N) is 2. The molecule has 2 rings (SSSR count). The van der Waals surface area contributed by atoms with E-state index in [-0.39, 0.29) is 17.0 Å². The smallest absolute Gasteiger partial charge is 0.243 e. The van der Waals surface area contributed by atoms with E-state index >= 15 is 0 Å². The van der Waals surface area contributed by atoms with Gasteiger partial charge >= 0.3 is 0 Å². The number of halogens is 1. The number of aromatic amines is 1. The Bertz CT molecular complexity index is 568. The van der Waals surface area contributed by atoms with E-state index in [1.165, 1.54) is 6.33 Å². The van der Waals surface area contributed by atoms with Crippen LogP contribution < -0.4 is 11.1 Å². The molecule has 0 aliphatic heterocycles. The third-order valence-corrected chi connectivity index (χ3v) is 2.69. The molecule has 1 amide bonds. The summed E-state index contributed by atoms with van der Waals surface area (Å²) in [5, 5.41) is 2.73. The van der Waals surface area contributed by atoms with E-state index in [9.17, 15) is 4.79 Å². The van der Waals surface area contributed by atoms with Crippen LogP contribution in [0.4, 0.5) is 5.95 Å². The minimum absolute atomic E-state index is 0.108. The summed E-state index contributed by atoms with van der Waals surface area (Å²) in [5.41, 5.74) is 6.62. The monoisotopic (exact) mass is 268 g/mol. The number of nitrogens with zero attached hydrogens (tertiary/aromatic N) is 3. The Morgan fingerprint density at radius 1 is 1.61 bits per heavy atom. The predicted molar refractivity (Wildman–Crippen MR) is 68.2 cm³/mol. The van der Waals surface area contributed by atoms with E-state index in [4.69, 9.17) is 17.3 Å². The van der Waals surface area contributed by atoms with E-state index in [2.05, 4.69) is 25.3 Å². The molecule has 0 aliphatic carbocycles. The van der Waals surface area contributed by atoms with Crippen molar-refractivity contribution in [1.82, 2.24) is 19.9 Å². The Balaban J connectivity index is 2.19. The van der Waals surface area contributed by atoms with Crippen LogP contribution in [0.5, 0.6) is 0 Å². The lowest BCUT2D eigenvalue weighted by Crippen LogP contribution is -2.35. The Labute approximate surface area is 108 Å². The van der Waals surface area contributed by atoms with Crippen molar-refractivity contribution in [2.45, 2.75) is 25.8 Å². The number of H-pyrrole nitrogens is 1.